The fourth-order valence-electron chi connectivity index (χ4n) is 3.09. The van der Waals surface area contributed by atoms with E-state index in [-0.39, 0.29) is 18.2 Å². The summed E-state index contributed by atoms with van der Waals surface area (Å²) in [6, 6.07) is 18.9. The van der Waals surface area contributed by atoms with E-state index in [1.165, 1.54) is 0 Å². The first kappa shape index (κ1) is 17.5. The average molecular weight is 370 g/mol. The van der Waals surface area contributed by atoms with Gasteiger partial charge in [0.2, 0.25) is 5.91 Å². The number of fused-ring (bicyclic) bond motifs is 1. The molecule has 0 radical (unpaired) electrons. The molecule has 0 atom stereocenters. The normalized spacial score (nSPS) is 10.7. The number of anilines is 1. The molecule has 0 aliphatic rings. The van der Waals surface area contributed by atoms with Crippen LogP contribution in [0.15, 0.2) is 77.6 Å². The van der Waals surface area contributed by atoms with Crippen LogP contribution in [0.5, 0.6) is 0 Å². The molecule has 28 heavy (non-hydrogen) atoms. The Morgan fingerprint density at radius 3 is 2.64 bits per heavy atom. The zero-order valence-corrected chi connectivity index (χ0v) is 15.0. The summed E-state index contributed by atoms with van der Waals surface area (Å²) in [6.45, 7) is 0. The highest BCUT2D eigenvalue weighted by molar-refractivity contribution is 6.00. The highest BCUT2D eigenvalue weighted by Gasteiger charge is 2.08. The van der Waals surface area contributed by atoms with Crippen LogP contribution in [0.2, 0.25) is 0 Å². The number of nitrogens with one attached hydrogen (secondary N) is 2. The van der Waals surface area contributed by atoms with Gasteiger partial charge in [-0.25, -0.2) is 0 Å². The van der Waals surface area contributed by atoms with Gasteiger partial charge in [0.05, 0.1) is 12.6 Å². The number of carbonyl (C=O) groups excluding carboxylic acids is 1. The molecule has 0 saturated carbocycles. The lowest BCUT2D eigenvalue weighted by molar-refractivity contribution is -0.115. The number of hydrogen-bond donors (Lipinski definition) is 3. The Balaban J connectivity index is 1.48. The molecular weight excluding hydrogens is 352 g/mol. The van der Waals surface area contributed by atoms with E-state index in [2.05, 4.69) is 10.5 Å². The van der Waals surface area contributed by atoms with Crippen LogP contribution in [0.25, 0.3) is 21.9 Å². The van der Waals surface area contributed by atoms with Crippen molar-refractivity contribution in [2.45, 2.75) is 6.42 Å². The smallest absolute Gasteiger partial charge is 0.228 e. The van der Waals surface area contributed by atoms with Crippen molar-refractivity contribution in [3.05, 3.63) is 84.3 Å². The first-order chi connectivity index (χ1) is 13.6. The summed E-state index contributed by atoms with van der Waals surface area (Å²) in [5, 5.41) is 16.1. The first-order valence-corrected chi connectivity index (χ1v) is 8.75. The lowest BCUT2D eigenvalue weighted by Gasteiger charge is -2.08. The van der Waals surface area contributed by atoms with Crippen molar-refractivity contribution in [2.75, 3.05) is 5.32 Å². The van der Waals surface area contributed by atoms with Crippen LogP contribution in [0.4, 0.5) is 5.69 Å². The maximum atomic E-state index is 12.5. The number of amidine groups is 1. The molecule has 1 amide bonds. The van der Waals surface area contributed by atoms with Gasteiger partial charge in [-0.3, -0.25) is 10.2 Å². The molecule has 4 N–H and O–H groups in total. The number of nitrogens with zero attached hydrogens (tertiary/aromatic N) is 1. The molecule has 0 bridgehead atoms. The van der Waals surface area contributed by atoms with Crippen molar-refractivity contribution in [1.82, 2.24) is 5.16 Å². The predicted octanol–water partition coefficient (Wildman–Crippen LogP) is 3.96. The van der Waals surface area contributed by atoms with Crippen LogP contribution in [-0.4, -0.2) is 16.9 Å². The molecule has 0 saturated heterocycles. The Hall–Kier alpha value is -3.93. The third-order valence-corrected chi connectivity index (χ3v) is 4.49. The van der Waals surface area contributed by atoms with Gasteiger partial charge in [0, 0.05) is 16.8 Å². The average Bonchev–Trinajstić information content (AvgIpc) is 3.22. The maximum Gasteiger partial charge on any atom is 0.228 e. The standard InChI is InChI=1S/C22H18N4O2/c23-22(24)18-5-4-17-11-20(7-6-16(17)10-18)26-21(27)9-14-2-1-3-15(8-14)19-12-25-28-13-19/h1-8,10-13H,9H2,(H3,23,24)(H,26,27). The fourth-order valence-corrected chi connectivity index (χ4v) is 3.09. The summed E-state index contributed by atoms with van der Waals surface area (Å²) in [5.74, 6) is -0.0603. The predicted molar refractivity (Wildman–Crippen MR) is 109 cm³/mol. The number of amides is 1. The van der Waals surface area contributed by atoms with E-state index in [4.69, 9.17) is 15.7 Å². The van der Waals surface area contributed by atoms with Crippen LogP contribution in [0, 0.1) is 5.41 Å². The number of rotatable bonds is 5. The van der Waals surface area contributed by atoms with Crippen molar-refractivity contribution in [3.8, 4) is 11.1 Å². The van der Waals surface area contributed by atoms with Gasteiger partial charge in [0.25, 0.3) is 0 Å². The number of nitrogen functional groups attached to an aromatic ring is 1. The Morgan fingerprint density at radius 2 is 1.86 bits per heavy atom. The van der Waals surface area contributed by atoms with Gasteiger partial charge in [0.15, 0.2) is 0 Å². The summed E-state index contributed by atoms with van der Waals surface area (Å²) in [7, 11) is 0. The first-order valence-electron chi connectivity index (χ1n) is 8.75. The van der Waals surface area contributed by atoms with Gasteiger partial charge in [-0.1, -0.05) is 47.6 Å². The van der Waals surface area contributed by atoms with Gasteiger partial charge in [-0.05, 0) is 40.1 Å². The van der Waals surface area contributed by atoms with Crippen LogP contribution in [0.3, 0.4) is 0 Å². The minimum atomic E-state index is -0.0952. The molecule has 0 spiro atoms. The molecule has 0 aliphatic heterocycles. The third-order valence-electron chi connectivity index (χ3n) is 4.49. The summed E-state index contributed by atoms with van der Waals surface area (Å²) in [6.07, 6.45) is 3.48. The number of aromatic nitrogens is 1. The molecule has 0 unspecified atom stereocenters. The van der Waals surface area contributed by atoms with E-state index in [0.717, 1.165) is 33.2 Å². The fraction of sp³-hybridized carbons (Fsp3) is 0.0455. The Morgan fingerprint density at radius 1 is 1.04 bits per heavy atom. The second kappa shape index (κ2) is 7.36. The summed E-state index contributed by atoms with van der Waals surface area (Å²) in [5.41, 5.74) is 9.68. The number of nitrogens with two attached hydrogens (primary N) is 1. The topological polar surface area (TPSA) is 105 Å². The maximum absolute atomic E-state index is 12.5. The molecular formula is C22H18N4O2. The Kier molecular flexibility index (Phi) is 4.60. The molecule has 0 aliphatic carbocycles. The van der Waals surface area contributed by atoms with E-state index < -0.39 is 0 Å². The summed E-state index contributed by atoms with van der Waals surface area (Å²) in [4.78, 5) is 12.5. The minimum Gasteiger partial charge on any atom is -0.384 e. The molecule has 1 heterocycles. The van der Waals surface area contributed by atoms with Crippen molar-refractivity contribution >= 4 is 28.2 Å². The summed E-state index contributed by atoms with van der Waals surface area (Å²) < 4.78 is 4.88. The third kappa shape index (κ3) is 3.76. The summed E-state index contributed by atoms with van der Waals surface area (Å²) >= 11 is 0. The molecule has 138 valence electrons. The van der Waals surface area contributed by atoms with Gasteiger partial charge in [0.1, 0.15) is 12.1 Å². The van der Waals surface area contributed by atoms with Crippen LogP contribution >= 0.6 is 0 Å². The number of hydrogen-bond acceptors (Lipinski definition) is 4. The highest BCUT2D eigenvalue weighted by atomic mass is 16.5. The van der Waals surface area contributed by atoms with E-state index in [9.17, 15) is 4.79 Å². The Labute approximate surface area is 161 Å². The van der Waals surface area contributed by atoms with Gasteiger partial charge >= 0.3 is 0 Å². The SMILES string of the molecule is N=C(N)c1ccc2cc(NC(=O)Cc3cccc(-c4cnoc4)c3)ccc2c1. The molecule has 6 nitrogen and oxygen atoms in total. The quantitative estimate of drug-likeness (QED) is 0.365. The van der Waals surface area contributed by atoms with Crippen LogP contribution < -0.4 is 11.1 Å². The number of benzene rings is 3. The van der Waals surface area contributed by atoms with E-state index in [1.54, 1.807) is 18.5 Å². The zero-order chi connectivity index (χ0) is 19.5. The molecule has 4 rings (SSSR count). The van der Waals surface area contributed by atoms with Gasteiger partial charge < -0.3 is 15.6 Å². The van der Waals surface area contributed by atoms with E-state index >= 15 is 0 Å². The molecule has 1 aromatic heterocycles. The van der Waals surface area contributed by atoms with E-state index in [1.807, 2.05) is 54.6 Å². The second-order valence-electron chi connectivity index (χ2n) is 6.53. The second-order valence-corrected chi connectivity index (χ2v) is 6.53. The zero-order valence-electron chi connectivity index (χ0n) is 15.0. The van der Waals surface area contributed by atoms with Crippen molar-refractivity contribution < 1.29 is 9.32 Å². The van der Waals surface area contributed by atoms with Crippen LogP contribution in [-0.2, 0) is 11.2 Å². The molecule has 6 heteroatoms. The van der Waals surface area contributed by atoms with Gasteiger partial charge in [-0.2, -0.15) is 0 Å². The van der Waals surface area contributed by atoms with E-state index in [0.29, 0.717) is 5.56 Å². The molecule has 3 aromatic carbocycles. The lowest BCUT2D eigenvalue weighted by Crippen LogP contribution is -2.14. The lowest BCUT2D eigenvalue weighted by atomic mass is 10.0. The minimum absolute atomic E-state index is 0.0349. The highest BCUT2D eigenvalue weighted by Crippen LogP contribution is 2.22. The van der Waals surface area contributed by atoms with Crippen molar-refractivity contribution in [2.24, 2.45) is 5.73 Å². The monoisotopic (exact) mass is 370 g/mol. The molecule has 0 fully saturated rings. The van der Waals surface area contributed by atoms with Crippen molar-refractivity contribution in [1.29, 1.82) is 5.41 Å². The van der Waals surface area contributed by atoms with Crippen LogP contribution in [0.1, 0.15) is 11.1 Å². The molecule has 4 aromatic rings. The number of carbonyl (C=O) groups is 1. The van der Waals surface area contributed by atoms with Gasteiger partial charge in [-0.15, -0.1) is 0 Å². The Bertz CT molecular complexity index is 1170. The van der Waals surface area contributed by atoms with Crippen molar-refractivity contribution in [3.63, 3.8) is 0 Å². The largest absolute Gasteiger partial charge is 0.384 e.